The highest BCUT2D eigenvalue weighted by Gasteiger charge is 2.28. The van der Waals surface area contributed by atoms with Crippen LogP contribution in [-0.4, -0.2) is 57.3 Å². The fourth-order valence-electron chi connectivity index (χ4n) is 6.57. The van der Waals surface area contributed by atoms with Crippen LogP contribution in [0.25, 0.3) is 0 Å². The van der Waals surface area contributed by atoms with E-state index in [-0.39, 0.29) is 0 Å². The van der Waals surface area contributed by atoms with Gasteiger partial charge in [-0.25, -0.2) is 0 Å². The Labute approximate surface area is 298 Å². The Balaban J connectivity index is 3.77. The molecule has 1 amide bonds. The summed E-state index contributed by atoms with van der Waals surface area (Å²) < 4.78 is 0. The third-order valence-electron chi connectivity index (χ3n) is 9.98. The smallest absolute Gasteiger partial charge is 0.249 e. The van der Waals surface area contributed by atoms with Crippen LogP contribution in [0.15, 0.2) is 12.2 Å². The molecule has 0 aromatic rings. The van der Waals surface area contributed by atoms with Gasteiger partial charge in [0.1, 0.15) is 12.2 Å². The van der Waals surface area contributed by atoms with Gasteiger partial charge in [0.15, 0.2) is 0 Å². The first kappa shape index (κ1) is 47.0. The van der Waals surface area contributed by atoms with Crippen LogP contribution in [-0.2, 0) is 4.79 Å². The van der Waals surface area contributed by atoms with E-state index in [2.05, 4.69) is 31.3 Å². The second kappa shape index (κ2) is 37.3. The quantitative estimate of drug-likeness (QED) is 0.0329. The Morgan fingerprint density at radius 2 is 0.833 bits per heavy atom. The Morgan fingerprint density at radius 1 is 0.500 bits per heavy atom. The molecule has 0 aliphatic carbocycles. The van der Waals surface area contributed by atoms with E-state index in [1.165, 1.54) is 141 Å². The molecule has 0 heterocycles. The summed E-state index contributed by atoms with van der Waals surface area (Å²) in [5, 5.41) is 43.6. The second-order valence-electron chi connectivity index (χ2n) is 14.7. The minimum atomic E-state index is -1.27. The average molecular weight is 682 g/mol. The number of nitrogens with one attached hydrogen (secondary N) is 1. The van der Waals surface area contributed by atoms with Crippen LogP contribution in [0.4, 0.5) is 0 Å². The second-order valence-corrected chi connectivity index (χ2v) is 14.7. The van der Waals surface area contributed by atoms with Crippen LogP contribution >= 0.6 is 0 Å². The molecule has 0 radical (unpaired) electrons. The van der Waals surface area contributed by atoms with Gasteiger partial charge in [0.25, 0.3) is 0 Å². The predicted molar refractivity (Wildman–Crippen MR) is 205 cm³/mol. The van der Waals surface area contributed by atoms with E-state index in [4.69, 9.17) is 0 Å². The Morgan fingerprint density at radius 3 is 1.23 bits per heavy atom. The van der Waals surface area contributed by atoms with Gasteiger partial charge in [-0.3, -0.25) is 4.79 Å². The van der Waals surface area contributed by atoms with Crippen LogP contribution in [0.5, 0.6) is 0 Å². The highest BCUT2D eigenvalue weighted by Crippen LogP contribution is 2.16. The first-order chi connectivity index (χ1) is 23.5. The number of carbonyl (C=O) groups excluding carboxylic acids is 1. The molecular formula is C42H83NO5. The molecule has 0 aliphatic rings. The third kappa shape index (κ3) is 31.1. The standard InChI is InChI=1S/C42H83NO5/c1-3-5-7-9-11-13-15-17-19-21-23-25-27-29-31-33-35-39(45)41(47)38(37-44)43-42(48)40(46)36-34-32-30-28-26-24-22-20-18-16-14-12-10-8-6-4-2/h23,25,38-41,44-47H,3-22,24,26-37H2,1-2H3,(H,43,48). The Bertz CT molecular complexity index is 687. The van der Waals surface area contributed by atoms with Gasteiger partial charge in [0, 0.05) is 0 Å². The summed E-state index contributed by atoms with van der Waals surface area (Å²) in [7, 11) is 0. The lowest BCUT2D eigenvalue weighted by Crippen LogP contribution is -2.53. The molecule has 0 aromatic heterocycles. The van der Waals surface area contributed by atoms with Crippen LogP contribution in [0.2, 0.25) is 0 Å². The number of unbranched alkanes of at least 4 members (excludes halogenated alkanes) is 27. The molecule has 0 aliphatic heterocycles. The molecular weight excluding hydrogens is 598 g/mol. The van der Waals surface area contributed by atoms with Crippen molar-refractivity contribution in [3.63, 3.8) is 0 Å². The van der Waals surface area contributed by atoms with Crippen molar-refractivity contribution >= 4 is 5.91 Å². The van der Waals surface area contributed by atoms with Gasteiger partial charge >= 0.3 is 0 Å². The zero-order valence-electron chi connectivity index (χ0n) is 32.0. The van der Waals surface area contributed by atoms with E-state index in [1.807, 2.05) is 0 Å². The number of aliphatic hydroxyl groups excluding tert-OH is 4. The molecule has 0 saturated carbocycles. The van der Waals surface area contributed by atoms with Crippen molar-refractivity contribution in [3.8, 4) is 0 Å². The van der Waals surface area contributed by atoms with Crippen LogP contribution < -0.4 is 5.32 Å². The molecule has 5 N–H and O–H groups in total. The molecule has 4 atom stereocenters. The van der Waals surface area contributed by atoms with Gasteiger partial charge in [-0.1, -0.05) is 193 Å². The lowest BCUT2D eigenvalue weighted by Gasteiger charge is -2.27. The molecule has 0 spiro atoms. The highest BCUT2D eigenvalue weighted by molar-refractivity contribution is 5.80. The largest absolute Gasteiger partial charge is 0.394 e. The van der Waals surface area contributed by atoms with E-state index in [1.54, 1.807) is 0 Å². The highest BCUT2D eigenvalue weighted by atomic mass is 16.3. The summed E-state index contributed by atoms with van der Waals surface area (Å²) in [6.07, 6.45) is 39.5. The van der Waals surface area contributed by atoms with Crippen molar-refractivity contribution in [2.45, 2.75) is 244 Å². The zero-order chi connectivity index (χ0) is 35.3. The molecule has 4 unspecified atom stereocenters. The molecule has 0 rings (SSSR count). The van der Waals surface area contributed by atoms with Gasteiger partial charge in [-0.15, -0.1) is 0 Å². The maximum absolute atomic E-state index is 12.5. The summed E-state index contributed by atoms with van der Waals surface area (Å²) in [4.78, 5) is 12.5. The predicted octanol–water partition coefficient (Wildman–Crippen LogP) is 10.6. The summed E-state index contributed by atoms with van der Waals surface area (Å²) in [6.45, 7) is 4.04. The Hall–Kier alpha value is -0.950. The van der Waals surface area contributed by atoms with Gasteiger partial charge in [-0.05, 0) is 38.5 Å². The number of hydrogen-bond donors (Lipinski definition) is 5. The van der Waals surface area contributed by atoms with E-state index >= 15 is 0 Å². The number of carbonyl (C=O) groups is 1. The van der Waals surface area contributed by atoms with Crippen LogP contribution in [0, 0.1) is 0 Å². The fraction of sp³-hybridized carbons (Fsp3) is 0.929. The average Bonchev–Trinajstić information content (AvgIpc) is 3.09. The number of aliphatic hydroxyl groups is 4. The van der Waals surface area contributed by atoms with Gasteiger partial charge in [-0.2, -0.15) is 0 Å². The maximum Gasteiger partial charge on any atom is 0.249 e. The van der Waals surface area contributed by atoms with Gasteiger partial charge < -0.3 is 25.7 Å². The minimum Gasteiger partial charge on any atom is -0.394 e. The number of allylic oxidation sites excluding steroid dienone is 2. The third-order valence-corrected chi connectivity index (χ3v) is 9.98. The Kier molecular flexibility index (Phi) is 36.6. The van der Waals surface area contributed by atoms with E-state index in [0.717, 1.165) is 51.4 Å². The molecule has 6 nitrogen and oxygen atoms in total. The van der Waals surface area contributed by atoms with Crippen LogP contribution in [0.1, 0.15) is 219 Å². The van der Waals surface area contributed by atoms with Gasteiger partial charge in [0.05, 0.1) is 18.8 Å². The topological polar surface area (TPSA) is 110 Å². The lowest BCUT2D eigenvalue weighted by molar-refractivity contribution is -0.132. The van der Waals surface area contributed by atoms with Crippen molar-refractivity contribution in [2.75, 3.05) is 6.61 Å². The SMILES string of the molecule is CCCCCCCCCCCC=CCCCCCC(O)C(O)C(CO)NC(=O)C(O)CCCCCCCCCCCCCCCCCC. The van der Waals surface area contributed by atoms with Crippen LogP contribution in [0.3, 0.4) is 0 Å². The normalized spacial score (nSPS) is 14.4. The molecule has 286 valence electrons. The van der Waals surface area contributed by atoms with E-state index < -0.39 is 36.9 Å². The first-order valence-electron chi connectivity index (χ1n) is 21.1. The maximum atomic E-state index is 12.5. The number of amides is 1. The van der Waals surface area contributed by atoms with E-state index in [0.29, 0.717) is 12.8 Å². The van der Waals surface area contributed by atoms with Crippen molar-refractivity contribution < 1.29 is 25.2 Å². The van der Waals surface area contributed by atoms with Crippen molar-refractivity contribution in [1.29, 1.82) is 0 Å². The lowest BCUT2D eigenvalue weighted by atomic mass is 9.99. The summed E-state index contributed by atoms with van der Waals surface area (Å²) in [5.41, 5.74) is 0. The molecule has 6 heteroatoms. The molecule has 0 fully saturated rings. The number of hydrogen-bond acceptors (Lipinski definition) is 5. The van der Waals surface area contributed by atoms with Crippen molar-refractivity contribution in [1.82, 2.24) is 5.32 Å². The summed E-state index contributed by atoms with van der Waals surface area (Å²) in [5.74, 6) is -0.588. The van der Waals surface area contributed by atoms with Crippen molar-refractivity contribution in [2.24, 2.45) is 0 Å². The van der Waals surface area contributed by atoms with E-state index in [9.17, 15) is 25.2 Å². The molecule has 0 saturated heterocycles. The zero-order valence-corrected chi connectivity index (χ0v) is 32.0. The monoisotopic (exact) mass is 682 g/mol. The molecule has 48 heavy (non-hydrogen) atoms. The molecule has 0 bridgehead atoms. The number of rotatable bonds is 38. The summed E-state index contributed by atoms with van der Waals surface area (Å²) >= 11 is 0. The summed E-state index contributed by atoms with van der Waals surface area (Å²) in [6, 6.07) is -0.989. The fourth-order valence-corrected chi connectivity index (χ4v) is 6.57. The van der Waals surface area contributed by atoms with Gasteiger partial charge in [0.2, 0.25) is 5.91 Å². The first-order valence-corrected chi connectivity index (χ1v) is 21.1. The molecule has 0 aromatic carbocycles. The van der Waals surface area contributed by atoms with Crippen molar-refractivity contribution in [3.05, 3.63) is 12.2 Å². The minimum absolute atomic E-state index is 0.370.